The highest BCUT2D eigenvalue weighted by Crippen LogP contribution is 2.31. The Bertz CT molecular complexity index is 1100. The van der Waals surface area contributed by atoms with Gasteiger partial charge in [0.15, 0.2) is 0 Å². The molecule has 4 rings (SSSR count). The maximum absolute atomic E-state index is 11.7. The lowest BCUT2D eigenvalue weighted by atomic mass is 10.1. The Balaban J connectivity index is 1.62. The summed E-state index contributed by atoms with van der Waals surface area (Å²) >= 11 is 6.16. The number of ether oxygens (including phenoxy) is 2. The van der Waals surface area contributed by atoms with Crippen LogP contribution in [0.3, 0.4) is 0 Å². The van der Waals surface area contributed by atoms with Crippen molar-refractivity contribution in [3.8, 4) is 22.8 Å². The molecule has 0 saturated heterocycles. The van der Waals surface area contributed by atoms with E-state index in [-0.39, 0.29) is 5.56 Å². The zero-order valence-corrected chi connectivity index (χ0v) is 17.1. The van der Waals surface area contributed by atoms with Crippen LogP contribution in [0, 0.1) is 0 Å². The maximum atomic E-state index is 11.7. The van der Waals surface area contributed by atoms with Gasteiger partial charge in [-0.3, -0.25) is 9.69 Å². The van der Waals surface area contributed by atoms with Crippen molar-refractivity contribution in [3.63, 3.8) is 0 Å². The Morgan fingerprint density at radius 2 is 2.03 bits per heavy atom. The van der Waals surface area contributed by atoms with Crippen molar-refractivity contribution in [1.29, 1.82) is 0 Å². The predicted octanol–water partition coefficient (Wildman–Crippen LogP) is 3.50. The smallest absolute Gasteiger partial charge is 0.266 e. The monoisotopic (exact) mass is 411 g/mol. The summed E-state index contributed by atoms with van der Waals surface area (Å²) in [5, 5.41) is 5.08. The first kappa shape index (κ1) is 19.5. The number of aromatic nitrogens is 2. The Labute approximate surface area is 174 Å². The molecule has 1 aromatic heterocycles. The van der Waals surface area contributed by atoms with Gasteiger partial charge in [0.05, 0.1) is 12.8 Å². The van der Waals surface area contributed by atoms with Crippen molar-refractivity contribution in [3.05, 3.63) is 75.0 Å². The number of nitrogens with zero attached hydrogens (tertiary/aromatic N) is 3. The Kier molecular flexibility index (Phi) is 5.56. The highest BCUT2D eigenvalue weighted by molar-refractivity contribution is 6.30. The van der Waals surface area contributed by atoms with Crippen LogP contribution < -0.4 is 15.0 Å². The molecule has 0 saturated carbocycles. The standard InChI is InChI=1S/C22H22ClN3O3/c1-25-22(27)8-5-19(24-25)18-11-15(3-6-21(18)28-2)13-26-9-10-29-20-7-4-17(23)12-16(20)14-26/h3-8,11-12H,9-10,13-14H2,1-2H3. The van der Waals surface area contributed by atoms with E-state index in [0.29, 0.717) is 17.3 Å². The van der Waals surface area contributed by atoms with Crippen molar-refractivity contribution >= 4 is 11.6 Å². The van der Waals surface area contributed by atoms with Crippen LogP contribution in [0.5, 0.6) is 11.5 Å². The molecule has 0 unspecified atom stereocenters. The molecule has 0 radical (unpaired) electrons. The lowest BCUT2D eigenvalue weighted by Gasteiger charge is -2.20. The number of hydrogen-bond acceptors (Lipinski definition) is 5. The van der Waals surface area contributed by atoms with Gasteiger partial charge in [-0.25, -0.2) is 4.68 Å². The van der Waals surface area contributed by atoms with Gasteiger partial charge in [0.25, 0.3) is 5.56 Å². The second-order valence-corrected chi connectivity index (χ2v) is 7.46. The molecule has 0 fully saturated rings. The van der Waals surface area contributed by atoms with E-state index in [1.165, 1.54) is 10.7 Å². The number of aryl methyl sites for hydroxylation is 1. The SMILES string of the molecule is COc1ccc(CN2CCOc3ccc(Cl)cc3C2)cc1-c1ccc(=O)n(C)n1. The number of hydrogen-bond donors (Lipinski definition) is 0. The van der Waals surface area contributed by atoms with Crippen LogP contribution in [-0.2, 0) is 20.1 Å². The molecule has 1 aliphatic heterocycles. The highest BCUT2D eigenvalue weighted by atomic mass is 35.5. The lowest BCUT2D eigenvalue weighted by molar-refractivity contribution is 0.219. The van der Waals surface area contributed by atoms with E-state index in [1.54, 1.807) is 20.2 Å². The fourth-order valence-corrected chi connectivity index (χ4v) is 3.70. The summed E-state index contributed by atoms with van der Waals surface area (Å²) in [6.07, 6.45) is 0. The molecular formula is C22H22ClN3O3. The van der Waals surface area contributed by atoms with Crippen LogP contribution >= 0.6 is 11.6 Å². The molecule has 0 bridgehead atoms. The fraction of sp³-hybridized carbons (Fsp3) is 0.273. The van der Waals surface area contributed by atoms with Gasteiger partial charge in [0, 0.05) is 48.9 Å². The third kappa shape index (κ3) is 4.28. The number of benzene rings is 2. The molecular weight excluding hydrogens is 390 g/mol. The van der Waals surface area contributed by atoms with Gasteiger partial charge < -0.3 is 9.47 Å². The summed E-state index contributed by atoms with van der Waals surface area (Å²) in [6.45, 7) is 2.94. The van der Waals surface area contributed by atoms with Gasteiger partial charge in [0.1, 0.15) is 18.1 Å². The van der Waals surface area contributed by atoms with Gasteiger partial charge in [-0.1, -0.05) is 17.7 Å². The minimum absolute atomic E-state index is 0.147. The van der Waals surface area contributed by atoms with Crippen molar-refractivity contribution in [1.82, 2.24) is 14.7 Å². The first-order valence-electron chi connectivity index (χ1n) is 9.39. The Hall–Kier alpha value is -2.83. The molecule has 7 heteroatoms. The third-order valence-corrected chi connectivity index (χ3v) is 5.22. The molecule has 29 heavy (non-hydrogen) atoms. The number of methoxy groups -OCH3 is 1. The predicted molar refractivity (Wildman–Crippen MR) is 113 cm³/mol. The van der Waals surface area contributed by atoms with Crippen molar-refractivity contribution < 1.29 is 9.47 Å². The number of halogens is 1. The molecule has 2 aromatic carbocycles. The number of fused-ring (bicyclic) bond motifs is 1. The molecule has 150 valence electrons. The van der Waals surface area contributed by atoms with E-state index in [4.69, 9.17) is 21.1 Å². The third-order valence-electron chi connectivity index (χ3n) is 4.99. The Morgan fingerprint density at radius 1 is 1.17 bits per heavy atom. The summed E-state index contributed by atoms with van der Waals surface area (Å²) in [6, 6.07) is 15.0. The molecule has 1 aliphatic rings. The van der Waals surface area contributed by atoms with E-state index in [0.717, 1.165) is 47.8 Å². The molecule has 0 spiro atoms. The molecule has 0 amide bonds. The average molecular weight is 412 g/mol. The minimum Gasteiger partial charge on any atom is -0.496 e. The van der Waals surface area contributed by atoms with Crippen molar-refractivity contribution in [2.45, 2.75) is 13.1 Å². The van der Waals surface area contributed by atoms with Crippen LogP contribution in [-0.4, -0.2) is 34.9 Å². The van der Waals surface area contributed by atoms with Gasteiger partial charge in [-0.2, -0.15) is 5.10 Å². The topological polar surface area (TPSA) is 56.6 Å². The van der Waals surface area contributed by atoms with E-state index < -0.39 is 0 Å². The van der Waals surface area contributed by atoms with Gasteiger partial charge in [0.2, 0.25) is 0 Å². The van der Waals surface area contributed by atoms with Gasteiger partial charge in [-0.05, 0) is 42.0 Å². The summed E-state index contributed by atoms with van der Waals surface area (Å²) in [7, 11) is 3.27. The zero-order chi connectivity index (χ0) is 20.4. The molecule has 0 aliphatic carbocycles. The van der Waals surface area contributed by atoms with Crippen LogP contribution in [0.25, 0.3) is 11.3 Å². The molecule has 3 aromatic rings. The second-order valence-electron chi connectivity index (χ2n) is 7.03. The Morgan fingerprint density at radius 3 is 2.83 bits per heavy atom. The lowest BCUT2D eigenvalue weighted by Crippen LogP contribution is -2.25. The summed E-state index contributed by atoms with van der Waals surface area (Å²) < 4.78 is 12.7. The van der Waals surface area contributed by atoms with Crippen molar-refractivity contribution in [2.75, 3.05) is 20.3 Å². The molecule has 0 N–H and O–H groups in total. The summed E-state index contributed by atoms with van der Waals surface area (Å²) in [4.78, 5) is 14.0. The largest absolute Gasteiger partial charge is 0.496 e. The normalized spacial score (nSPS) is 14.0. The second kappa shape index (κ2) is 8.27. The van der Waals surface area contributed by atoms with E-state index in [2.05, 4.69) is 22.1 Å². The minimum atomic E-state index is -0.147. The first-order chi connectivity index (χ1) is 14.0. The van der Waals surface area contributed by atoms with Crippen LogP contribution in [0.1, 0.15) is 11.1 Å². The van der Waals surface area contributed by atoms with Gasteiger partial charge >= 0.3 is 0 Å². The maximum Gasteiger partial charge on any atom is 0.266 e. The van der Waals surface area contributed by atoms with E-state index in [1.807, 2.05) is 24.3 Å². The molecule has 0 atom stereocenters. The first-order valence-corrected chi connectivity index (χ1v) is 9.76. The average Bonchev–Trinajstić information content (AvgIpc) is 2.91. The van der Waals surface area contributed by atoms with E-state index in [9.17, 15) is 4.79 Å². The molecule has 6 nitrogen and oxygen atoms in total. The fourth-order valence-electron chi connectivity index (χ4n) is 3.51. The van der Waals surface area contributed by atoms with Crippen molar-refractivity contribution in [2.24, 2.45) is 7.05 Å². The quantitative estimate of drug-likeness (QED) is 0.657. The molecule has 2 heterocycles. The van der Waals surface area contributed by atoms with Gasteiger partial charge in [-0.15, -0.1) is 0 Å². The van der Waals surface area contributed by atoms with Crippen LogP contribution in [0.4, 0.5) is 0 Å². The summed E-state index contributed by atoms with van der Waals surface area (Å²) in [5.74, 6) is 1.61. The highest BCUT2D eigenvalue weighted by Gasteiger charge is 2.17. The van der Waals surface area contributed by atoms with E-state index >= 15 is 0 Å². The summed E-state index contributed by atoms with van der Waals surface area (Å²) in [5.41, 5.74) is 3.62. The zero-order valence-electron chi connectivity index (χ0n) is 16.4. The van der Waals surface area contributed by atoms with Crippen LogP contribution in [0.15, 0.2) is 53.3 Å². The number of rotatable bonds is 4. The van der Waals surface area contributed by atoms with Crippen LogP contribution in [0.2, 0.25) is 5.02 Å².